The fourth-order valence-electron chi connectivity index (χ4n) is 1.94. The average molecular weight is 302 g/mol. The third-order valence-electron chi connectivity index (χ3n) is 2.83. The molecule has 0 amide bonds. The van der Waals surface area contributed by atoms with E-state index in [4.69, 9.17) is 0 Å². The van der Waals surface area contributed by atoms with Crippen molar-refractivity contribution in [3.8, 4) is 0 Å². The van der Waals surface area contributed by atoms with Crippen LogP contribution in [0.4, 0.5) is 4.39 Å². The van der Waals surface area contributed by atoms with Gasteiger partial charge >= 0.3 is 0 Å². The van der Waals surface area contributed by atoms with Crippen molar-refractivity contribution in [3.05, 3.63) is 34.1 Å². The van der Waals surface area contributed by atoms with Gasteiger partial charge in [0.2, 0.25) is 0 Å². The maximum Gasteiger partial charge on any atom is 0.129 e. The van der Waals surface area contributed by atoms with Crippen LogP contribution in [0.2, 0.25) is 0 Å². The molecule has 1 N–H and O–H groups in total. The third kappa shape index (κ3) is 4.40. The molecular formula is C14H21BrFN. The van der Waals surface area contributed by atoms with Crippen LogP contribution in [0.25, 0.3) is 0 Å². The van der Waals surface area contributed by atoms with E-state index in [1.54, 1.807) is 6.07 Å². The molecule has 0 bridgehead atoms. The van der Waals surface area contributed by atoms with Crippen molar-refractivity contribution in [1.29, 1.82) is 0 Å². The van der Waals surface area contributed by atoms with E-state index in [1.165, 1.54) is 6.07 Å². The number of benzene rings is 1. The summed E-state index contributed by atoms with van der Waals surface area (Å²) in [7, 11) is 0. The summed E-state index contributed by atoms with van der Waals surface area (Å²) in [5, 5.41) is 3.37. The van der Waals surface area contributed by atoms with E-state index in [-0.39, 0.29) is 11.9 Å². The molecule has 3 heteroatoms. The van der Waals surface area contributed by atoms with Gasteiger partial charge in [0.05, 0.1) is 0 Å². The average Bonchev–Trinajstić information content (AvgIpc) is 2.25. The molecule has 1 aromatic rings. The van der Waals surface area contributed by atoms with Gasteiger partial charge in [-0.3, -0.25) is 0 Å². The molecule has 96 valence electrons. The summed E-state index contributed by atoms with van der Waals surface area (Å²) in [6, 6.07) is 5.25. The second-order valence-corrected chi connectivity index (χ2v) is 5.57. The molecule has 0 heterocycles. The first kappa shape index (κ1) is 14.7. The highest BCUT2D eigenvalue weighted by Crippen LogP contribution is 2.29. The SMILES string of the molecule is CCNC(CCC(C)C)c1c(F)cccc1Br. The van der Waals surface area contributed by atoms with Gasteiger partial charge in [0, 0.05) is 16.1 Å². The first-order chi connectivity index (χ1) is 8.06. The minimum Gasteiger partial charge on any atom is -0.310 e. The van der Waals surface area contributed by atoms with Gasteiger partial charge in [0.1, 0.15) is 5.82 Å². The van der Waals surface area contributed by atoms with Crippen molar-refractivity contribution in [3.63, 3.8) is 0 Å². The molecule has 1 unspecified atom stereocenters. The standard InChI is InChI=1S/C14H21BrFN/c1-4-17-13(9-8-10(2)3)14-11(15)6-5-7-12(14)16/h5-7,10,13,17H,4,8-9H2,1-3H3. The van der Waals surface area contributed by atoms with Crippen LogP contribution in [0, 0.1) is 11.7 Å². The number of halogens is 2. The van der Waals surface area contributed by atoms with Crippen LogP contribution in [0.1, 0.15) is 45.2 Å². The molecule has 1 rings (SSSR count). The van der Waals surface area contributed by atoms with Gasteiger partial charge in [-0.05, 0) is 37.4 Å². The zero-order valence-electron chi connectivity index (χ0n) is 10.8. The van der Waals surface area contributed by atoms with E-state index in [9.17, 15) is 4.39 Å². The summed E-state index contributed by atoms with van der Waals surface area (Å²) >= 11 is 3.44. The lowest BCUT2D eigenvalue weighted by Gasteiger charge is -2.21. The first-order valence-corrected chi connectivity index (χ1v) is 7.02. The van der Waals surface area contributed by atoms with E-state index in [0.29, 0.717) is 5.92 Å². The minimum atomic E-state index is -0.130. The van der Waals surface area contributed by atoms with Crippen LogP contribution in [0.15, 0.2) is 22.7 Å². The van der Waals surface area contributed by atoms with Crippen molar-refractivity contribution in [2.75, 3.05) is 6.54 Å². The minimum absolute atomic E-state index is 0.0953. The van der Waals surface area contributed by atoms with E-state index >= 15 is 0 Å². The summed E-state index contributed by atoms with van der Waals surface area (Å²) in [6.45, 7) is 7.29. The van der Waals surface area contributed by atoms with Gasteiger partial charge in [-0.25, -0.2) is 4.39 Å². The second-order valence-electron chi connectivity index (χ2n) is 4.72. The highest BCUT2D eigenvalue weighted by atomic mass is 79.9. The van der Waals surface area contributed by atoms with Crippen LogP contribution in [-0.4, -0.2) is 6.54 Å². The Morgan fingerprint density at radius 1 is 1.29 bits per heavy atom. The lowest BCUT2D eigenvalue weighted by atomic mass is 9.97. The zero-order chi connectivity index (χ0) is 12.8. The Labute approximate surface area is 112 Å². The molecular weight excluding hydrogens is 281 g/mol. The Morgan fingerprint density at radius 3 is 2.53 bits per heavy atom. The summed E-state index contributed by atoms with van der Waals surface area (Å²) in [5.74, 6) is 0.510. The van der Waals surface area contributed by atoms with Crippen LogP contribution < -0.4 is 5.32 Å². The van der Waals surface area contributed by atoms with Crippen molar-refractivity contribution >= 4 is 15.9 Å². The molecule has 0 aliphatic rings. The van der Waals surface area contributed by atoms with Crippen molar-refractivity contribution < 1.29 is 4.39 Å². The fraction of sp³-hybridized carbons (Fsp3) is 0.571. The van der Waals surface area contributed by atoms with Crippen molar-refractivity contribution in [1.82, 2.24) is 5.32 Å². The van der Waals surface area contributed by atoms with Crippen LogP contribution >= 0.6 is 15.9 Å². The van der Waals surface area contributed by atoms with E-state index in [1.807, 2.05) is 6.07 Å². The molecule has 0 spiro atoms. The predicted molar refractivity (Wildman–Crippen MR) is 74.6 cm³/mol. The van der Waals surface area contributed by atoms with Crippen LogP contribution in [-0.2, 0) is 0 Å². The lowest BCUT2D eigenvalue weighted by Crippen LogP contribution is -2.22. The largest absolute Gasteiger partial charge is 0.310 e. The van der Waals surface area contributed by atoms with Gasteiger partial charge in [-0.15, -0.1) is 0 Å². The second kappa shape index (κ2) is 7.12. The molecule has 0 aliphatic heterocycles. The lowest BCUT2D eigenvalue weighted by molar-refractivity contribution is 0.433. The predicted octanol–water partition coefficient (Wildman–Crippen LogP) is 4.68. The number of hydrogen-bond donors (Lipinski definition) is 1. The monoisotopic (exact) mass is 301 g/mol. The maximum atomic E-state index is 13.9. The molecule has 1 atom stereocenters. The molecule has 0 aromatic heterocycles. The van der Waals surface area contributed by atoms with Crippen molar-refractivity contribution in [2.24, 2.45) is 5.92 Å². The van der Waals surface area contributed by atoms with E-state index < -0.39 is 0 Å². The third-order valence-corrected chi connectivity index (χ3v) is 3.52. The normalized spacial score (nSPS) is 13.1. The summed E-state index contributed by atoms with van der Waals surface area (Å²) in [5.41, 5.74) is 0.759. The Hall–Kier alpha value is -0.410. The number of nitrogens with one attached hydrogen (secondary N) is 1. The molecule has 0 saturated heterocycles. The smallest absolute Gasteiger partial charge is 0.129 e. The van der Waals surface area contributed by atoms with Gasteiger partial charge in [0.25, 0.3) is 0 Å². The maximum absolute atomic E-state index is 13.9. The van der Waals surface area contributed by atoms with E-state index in [0.717, 1.165) is 29.4 Å². The molecule has 1 aromatic carbocycles. The molecule has 0 fully saturated rings. The Balaban J connectivity index is 2.88. The Morgan fingerprint density at radius 2 is 2.00 bits per heavy atom. The van der Waals surface area contributed by atoms with Gasteiger partial charge < -0.3 is 5.32 Å². The van der Waals surface area contributed by atoms with Crippen LogP contribution in [0.3, 0.4) is 0 Å². The topological polar surface area (TPSA) is 12.0 Å². The Bertz CT molecular complexity index is 332. The van der Waals surface area contributed by atoms with Gasteiger partial charge in [0.15, 0.2) is 0 Å². The first-order valence-electron chi connectivity index (χ1n) is 6.23. The van der Waals surface area contributed by atoms with Gasteiger partial charge in [-0.2, -0.15) is 0 Å². The molecule has 1 nitrogen and oxygen atoms in total. The quantitative estimate of drug-likeness (QED) is 0.805. The fourth-order valence-corrected chi connectivity index (χ4v) is 2.56. The highest BCUT2D eigenvalue weighted by Gasteiger charge is 2.17. The van der Waals surface area contributed by atoms with Crippen molar-refractivity contribution in [2.45, 2.75) is 39.7 Å². The number of hydrogen-bond acceptors (Lipinski definition) is 1. The van der Waals surface area contributed by atoms with Gasteiger partial charge in [-0.1, -0.05) is 42.8 Å². The Kier molecular flexibility index (Phi) is 6.14. The number of rotatable bonds is 6. The molecule has 17 heavy (non-hydrogen) atoms. The van der Waals surface area contributed by atoms with Crippen LogP contribution in [0.5, 0.6) is 0 Å². The summed E-state index contributed by atoms with van der Waals surface area (Å²) in [4.78, 5) is 0. The summed E-state index contributed by atoms with van der Waals surface area (Å²) in [6.07, 6.45) is 2.06. The highest BCUT2D eigenvalue weighted by molar-refractivity contribution is 9.10. The van der Waals surface area contributed by atoms with E-state index in [2.05, 4.69) is 42.0 Å². The molecule has 0 radical (unpaired) electrons. The summed E-state index contributed by atoms with van der Waals surface area (Å²) < 4.78 is 14.7. The molecule has 0 aliphatic carbocycles. The molecule has 0 saturated carbocycles. The zero-order valence-corrected chi connectivity index (χ0v) is 12.3.